The number of pyridine rings is 1. The van der Waals surface area contributed by atoms with Crippen molar-refractivity contribution < 1.29 is 13.2 Å². The number of hydrogen-bond acceptors (Lipinski definition) is 4. The number of aromatic nitrogens is 1. The summed E-state index contributed by atoms with van der Waals surface area (Å²) in [5.41, 5.74) is 8.85. The van der Waals surface area contributed by atoms with Gasteiger partial charge in [-0.3, -0.25) is 9.71 Å². The molecular weight excluding hydrogens is 352 g/mol. The molecule has 2 heterocycles. The number of hydrogen-bond donors (Lipinski definition) is 2. The van der Waals surface area contributed by atoms with Crippen LogP contribution < -0.4 is 10.5 Å². The molecule has 0 fully saturated rings. The van der Waals surface area contributed by atoms with Gasteiger partial charge in [0.2, 0.25) is 10.0 Å². The van der Waals surface area contributed by atoms with Crippen LogP contribution in [0.25, 0.3) is 0 Å². The second kappa shape index (κ2) is 7.33. The summed E-state index contributed by atoms with van der Waals surface area (Å²) in [6.07, 6.45) is 4.86. The second-order valence-corrected chi connectivity index (χ2v) is 8.18. The molecule has 2 amide bonds. The highest BCUT2D eigenvalue weighted by atomic mass is 32.2. The maximum atomic E-state index is 12.0. The summed E-state index contributed by atoms with van der Waals surface area (Å²) in [4.78, 5) is 17.5. The molecule has 0 spiro atoms. The number of benzene rings is 1. The van der Waals surface area contributed by atoms with Gasteiger partial charge in [0.05, 0.1) is 18.3 Å². The predicted octanol–water partition coefficient (Wildman–Crippen LogP) is 2.61. The van der Waals surface area contributed by atoms with Crippen molar-refractivity contribution in [2.75, 3.05) is 10.5 Å². The van der Waals surface area contributed by atoms with E-state index in [2.05, 4.69) is 9.71 Å². The summed E-state index contributed by atoms with van der Waals surface area (Å²) < 4.78 is 26.6. The van der Waals surface area contributed by atoms with Crippen LogP contribution >= 0.6 is 0 Å². The first kappa shape index (κ1) is 18.2. The highest BCUT2D eigenvalue weighted by Gasteiger charge is 2.33. The van der Waals surface area contributed by atoms with Crippen molar-refractivity contribution in [3.8, 4) is 0 Å². The number of urea groups is 1. The highest BCUT2D eigenvalue weighted by Crippen LogP contribution is 2.38. The van der Waals surface area contributed by atoms with E-state index in [9.17, 15) is 13.2 Å². The minimum absolute atomic E-state index is 0.101. The molecule has 2 aromatic rings. The second-order valence-electron chi connectivity index (χ2n) is 6.34. The zero-order chi connectivity index (χ0) is 18.7. The quantitative estimate of drug-likeness (QED) is 0.810. The van der Waals surface area contributed by atoms with Gasteiger partial charge in [0.25, 0.3) is 0 Å². The fourth-order valence-electron chi connectivity index (χ4n) is 3.14. The van der Waals surface area contributed by atoms with E-state index >= 15 is 0 Å². The summed E-state index contributed by atoms with van der Waals surface area (Å²) in [6.45, 7) is 2.36. The molecule has 8 heteroatoms. The highest BCUT2D eigenvalue weighted by molar-refractivity contribution is 7.92. The fourth-order valence-corrected chi connectivity index (χ4v) is 4.41. The Hall–Kier alpha value is -2.61. The monoisotopic (exact) mass is 374 g/mol. The van der Waals surface area contributed by atoms with Crippen LogP contribution in [0, 0.1) is 0 Å². The van der Waals surface area contributed by atoms with Crippen LogP contribution in [-0.2, 0) is 16.6 Å². The van der Waals surface area contributed by atoms with Crippen LogP contribution in [0.1, 0.15) is 42.5 Å². The van der Waals surface area contributed by atoms with Gasteiger partial charge >= 0.3 is 6.03 Å². The minimum atomic E-state index is -3.34. The van der Waals surface area contributed by atoms with Gasteiger partial charge in [0.1, 0.15) is 0 Å². The maximum Gasteiger partial charge on any atom is 0.315 e. The number of carbonyl (C=O) groups excluding carboxylic acids is 1. The van der Waals surface area contributed by atoms with E-state index in [1.807, 2.05) is 25.1 Å². The largest absolute Gasteiger partial charge is 0.351 e. The van der Waals surface area contributed by atoms with Gasteiger partial charge in [-0.25, -0.2) is 13.2 Å². The number of unbranched alkanes of at least 4 members (excludes halogenated alkanes) is 1. The zero-order valence-electron chi connectivity index (χ0n) is 14.6. The van der Waals surface area contributed by atoms with Gasteiger partial charge in [-0.1, -0.05) is 25.5 Å². The zero-order valence-corrected chi connectivity index (χ0v) is 15.4. The van der Waals surface area contributed by atoms with E-state index in [1.165, 1.54) is 0 Å². The molecule has 0 bridgehead atoms. The number of sulfonamides is 1. The molecular formula is C18H22N4O3S. The van der Waals surface area contributed by atoms with Gasteiger partial charge in [-0.2, -0.15) is 0 Å². The molecule has 1 atom stereocenters. The third-order valence-corrected chi connectivity index (χ3v) is 5.81. The topological polar surface area (TPSA) is 105 Å². The average molecular weight is 374 g/mol. The lowest BCUT2D eigenvalue weighted by Gasteiger charge is -2.24. The van der Waals surface area contributed by atoms with Crippen molar-refractivity contribution in [2.24, 2.45) is 5.73 Å². The summed E-state index contributed by atoms with van der Waals surface area (Å²) >= 11 is 0. The van der Waals surface area contributed by atoms with Crippen LogP contribution in [-0.4, -0.2) is 30.1 Å². The molecule has 1 aromatic carbocycles. The molecule has 7 nitrogen and oxygen atoms in total. The molecule has 138 valence electrons. The molecule has 3 rings (SSSR count). The van der Waals surface area contributed by atoms with Crippen molar-refractivity contribution in [3.05, 3.63) is 59.4 Å². The minimum Gasteiger partial charge on any atom is -0.351 e. The third kappa shape index (κ3) is 3.80. The third-order valence-electron chi connectivity index (χ3n) is 4.44. The van der Waals surface area contributed by atoms with E-state index in [0.29, 0.717) is 18.7 Å². The van der Waals surface area contributed by atoms with Crippen molar-refractivity contribution in [2.45, 2.75) is 32.4 Å². The number of nitrogens with two attached hydrogens (primary N) is 1. The first-order chi connectivity index (χ1) is 12.4. The summed E-state index contributed by atoms with van der Waals surface area (Å²) in [7, 11) is -3.34. The van der Waals surface area contributed by atoms with Gasteiger partial charge < -0.3 is 10.6 Å². The normalized spacial score (nSPS) is 16.3. The molecule has 3 N–H and O–H groups in total. The number of nitrogens with one attached hydrogen (secondary N) is 1. The van der Waals surface area contributed by atoms with Crippen LogP contribution in [0.15, 0.2) is 42.7 Å². The lowest BCUT2D eigenvalue weighted by Crippen LogP contribution is -2.34. The van der Waals surface area contributed by atoms with Crippen molar-refractivity contribution in [1.29, 1.82) is 0 Å². The van der Waals surface area contributed by atoms with E-state index in [0.717, 1.165) is 23.1 Å². The molecule has 1 aliphatic heterocycles. The molecule has 0 saturated carbocycles. The van der Waals surface area contributed by atoms with Crippen LogP contribution in [0.2, 0.25) is 0 Å². The van der Waals surface area contributed by atoms with Crippen molar-refractivity contribution in [3.63, 3.8) is 0 Å². The molecule has 1 aliphatic rings. The molecule has 0 saturated heterocycles. The average Bonchev–Trinajstić information content (AvgIpc) is 3.00. The maximum absolute atomic E-state index is 12.0. The molecule has 0 aliphatic carbocycles. The predicted molar refractivity (Wildman–Crippen MR) is 100.0 cm³/mol. The van der Waals surface area contributed by atoms with Crippen molar-refractivity contribution >= 4 is 21.7 Å². The smallest absolute Gasteiger partial charge is 0.315 e. The SMILES string of the molecule is CCCCS(=O)(=O)Nc1ccc(C2c3ccncc3CN2C(N)=O)cc1. The lowest BCUT2D eigenvalue weighted by molar-refractivity contribution is 0.199. The Morgan fingerprint density at radius 1 is 1.31 bits per heavy atom. The van der Waals surface area contributed by atoms with E-state index in [1.54, 1.807) is 29.4 Å². The van der Waals surface area contributed by atoms with Gasteiger partial charge in [-0.15, -0.1) is 0 Å². The Kier molecular flexibility index (Phi) is 5.13. The Morgan fingerprint density at radius 2 is 2.04 bits per heavy atom. The Morgan fingerprint density at radius 3 is 2.69 bits per heavy atom. The Balaban J connectivity index is 1.84. The number of anilines is 1. The fraction of sp³-hybridized carbons (Fsp3) is 0.333. The lowest BCUT2D eigenvalue weighted by atomic mass is 9.99. The number of primary amides is 1. The Labute approximate surface area is 153 Å². The summed E-state index contributed by atoms with van der Waals surface area (Å²) in [5, 5.41) is 0. The van der Waals surface area contributed by atoms with Crippen LogP contribution in [0.3, 0.4) is 0 Å². The summed E-state index contributed by atoms with van der Waals surface area (Å²) in [5.74, 6) is 0.101. The number of carbonyl (C=O) groups is 1. The number of amides is 2. The van der Waals surface area contributed by atoms with Crippen LogP contribution in [0.4, 0.5) is 10.5 Å². The molecule has 1 unspecified atom stereocenters. The summed E-state index contributed by atoms with van der Waals surface area (Å²) in [6, 6.07) is 8.12. The van der Waals surface area contributed by atoms with Gasteiger partial charge in [0, 0.05) is 18.1 Å². The van der Waals surface area contributed by atoms with Gasteiger partial charge in [-0.05, 0) is 41.3 Å². The van der Waals surface area contributed by atoms with Crippen LogP contribution in [0.5, 0.6) is 0 Å². The number of rotatable bonds is 6. The van der Waals surface area contributed by atoms with Gasteiger partial charge in [0.15, 0.2) is 0 Å². The molecule has 1 aromatic heterocycles. The first-order valence-corrected chi connectivity index (χ1v) is 10.2. The Bertz CT molecular complexity index is 897. The van der Waals surface area contributed by atoms with E-state index < -0.39 is 16.1 Å². The standard InChI is InChI=1S/C18H22N4O3S/c1-2-3-10-26(24,25)21-15-6-4-13(5-7-15)17-16-8-9-20-11-14(16)12-22(17)18(19)23/h4-9,11,17,21H,2-3,10,12H2,1H3,(H2,19,23). The van der Waals surface area contributed by atoms with Crippen molar-refractivity contribution in [1.82, 2.24) is 9.88 Å². The first-order valence-electron chi connectivity index (χ1n) is 8.50. The van der Waals surface area contributed by atoms with E-state index in [4.69, 9.17) is 5.73 Å². The molecule has 26 heavy (non-hydrogen) atoms. The number of nitrogens with zero attached hydrogens (tertiary/aromatic N) is 2. The number of fused-ring (bicyclic) bond motifs is 1. The molecule has 0 radical (unpaired) electrons. The van der Waals surface area contributed by atoms with E-state index in [-0.39, 0.29) is 11.8 Å².